The van der Waals surface area contributed by atoms with Crippen molar-refractivity contribution < 1.29 is 5.11 Å². The molecular formula is C11H15N3OS. The van der Waals surface area contributed by atoms with E-state index in [9.17, 15) is 5.11 Å². The van der Waals surface area contributed by atoms with Gasteiger partial charge in [-0.25, -0.2) is 0 Å². The largest absolute Gasteiger partial charge is 0.392 e. The van der Waals surface area contributed by atoms with Crippen molar-refractivity contribution in [2.75, 3.05) is 11.9 Å². The summed E-state index contributed by atoms with van der Waals surface area (Å²) in [6.45, 7) is 2.24. The zero-order valence-electron chi connectivity index (χ0n) is 9.05. The van der Waals surface area contributed by atoms with Gasteiger partial charge in [0.05, 0.1) is 11.6 Å². The lowest BCUT2D eigenvalue weighted by Gasteiger charge is -2.15. The molecule has 0 saturated heterocycles. The Balaban J connectivity index is 2.10. The zero-order chi connectivity index (χ0) is 11.5. The molecule has 0 bridgehead atoms. The number of aromatic nitrogens is 1. The number of fused-ring (bicyclic) bond motifs is 1. The predicted octanol–water partition coefficient (Wildman–Crippen LogP) is 1.42. The van der Waals surface area contributed by atoms with Crippen molar-refractivity contribution in [1.82, 2.24) is 4.37 Å². The summed E-state index contributed by atoms with van der Waals surface area (Å²) in [5, 5.41) is 14.6. The van der Waals surface area contributed by atoms with Gasteiger partial charge >= 0.3 is 0 Å². The van der Waals surface area contributed by atoms with Gasteiger partial charge in [-0.3, -0.25) is 0 Å². The molecular weight excluding hydrogens is 222 g/mol. The molecule has 2 rings (SSSR count). The van der Waals surface area contributed by atoms with Crippen molar-refractivity contribution in [3.05, 3.63) is 24.3 Å². The summed E-state index contributed by atoms with van der Waals surface area (Å²) in [4.78, 5) is 0. The Morgan fingerprint density at radius 2 is 2.25 bits per heavy atom. The Hall–Kier alpha value is -1.17. The summed E-state index contributed by atoms with van der Waals surface area (Å²) >= 11 is 1.42. The molecule has 0 aliphatic rings. The molecule has 0 amide bonds. The van der Waals surface area contributed by atoms with E-state index in [1.807, 2.05) is 24.3 Å². The Morgan fingerprint density at radius 1 is 1.50 bits per heavy atom. The topological polar surface area (TPSA) is 71.2 Å². The lowest BCUT2D eigenvalue weighted by molar-refractivity contribution is 0.168. The third-order valence-corrected chi connectivity index (χ3v) is 3.34. The molecule has 0 spiro atoms. The Kier molecular flexibility index (Phi) is 3.38. The molecule has 0 fully saturated rings. The molecule has 2 unspecified atom stereocenters. The van der Waals surface area contributed by atoms with Gasteiger partial charge in [-0.05, 0) is 30.6 Å². The molecule has 1 aromatic carbocycles. The highest BCUT2D eigenvalue weighted by Gasteiger charge is 2.10. The van der Waals surface area contributed by atoms with Crippen LogP contribution in [-0.2, 0) is 0 Å². The molecule has 0 saturated carbocycles. The van der Waals surface area contributed by atoms with Crippen molar-refractivity contribution in [2.24, 2.45) is 5.73 Å². The number of anilines is 1. The number of benzene rings is 1. The molecule has 1 aromatic heterocycles. The SMILES string of the molecule is CC(O)C(N)CNc1snc2ccccc12. The van der Waals surface area contributed by atoms with E-state index in [-0.39, 0.29) is 6.04 Å². The first-order valence-electron chi connectivity index (χ1n) is 5.20. The fraction of sp³-hybridized carbons (Fsp3) is 0.364. The maximum atomic E-state index is 9.29. The molecule has 0 aliphatic carbocycles. The van der Waals surface area contributed by atoms with E-state index in [0.29, 0.717) is 6.54 Å². The van der Waals surface area contributed by atoms with Gasteiger partial charge < -0.3 is 16.2 Å². The van der Waals surface area contributed by atoms with E-state index in [1.54, 1.807) is 6.92 Å². The van der Waals surface area contributed by atoms with Crippen LogP contribution in [0.15, 0.2) is 24.3 Å². The monoisotopic (exact) mass is 237 g/mol. The van der Waals surface area contributed by atoms with Gasteiger partial charge in [0.15, 0.2) is 0 Å². The number of aliphatic hydroxyl groups excluding tert-OH is 1. The summed E-state index contributed by atoms with van der Waals surface area (Å²) in [5.74, 6) is 0. The fourth-order valence-corrected chi connectivity index (χ4v) is 2.17. The van der Waals surface area contributed by atoms with E-state index < -0.39 is 6.10 Å². The average molecular weight is 237 g/mol. The third kappa shape index (κ3) is 2.32. The number of hydrogen-bond acceptors (Lipinski definition) is 5. The highest BCUT2D eigenvalue weighted by atomic mass is 32.1. The number of nitrogens with two attached hydrogens (primary N) is 1. The van der Waals surface area contributed by atoms with Crippen molar-refractivity contribution in [1.29, 1.82) is 0 Å². The van der Waals surface area contributed by atoms with E-state index in [0.717, 1.165) is 15.9 Å². The van der Waals surface area contributed by atoms with Crippen LogP contribution in [0, 0.1) is 0 Å². The van der Waals surface area contributed by atoms with Crippen LogP contribution >= 0.6 is 11.5 Å². The summed E-state index contributed by atoms with van der Waals surface area (Å²) in [6.07, 6.45) is -0.508. The summed E-state index contributed by atoms with van der Waals surface area (Å²) < 4.78 is 4.32. The van der Waals surface area contributed by atoms with E-state index in [2.05, 4.69) is 9.69 Å². The smallest absolute Gasteiger partial charge is 0.117 e. The lowest BCUT2D eigenvalue weighted by atomic mass is 10.2. The van der Waals surface area contributed by atoms with Gasteiger partial charge in [-0.1, -0.05) is 12.1 Å². The number of nitrogens with zero attached hydrogens (tertiary/aromatic N) is 1. The molecule has 2 aromatic rings. The summed E-state index contributed by atoms with van der Waals surface area (Å²) in [7, 11) is 0. The van der Waals surface area contributed by atoms with Crippen LogP contribution in [0.5, 0.6) is 0 Å². The molecule has 0 radical (unpaired) electrons. The van der Waals surface area contributed by atoms with Gasteiger partial charge in [0, 0.05) is 18.0 Å². The lowest BCUT2D eigenvalue weighted by Crippen LogP contribution is -2.38. The van der Waals surface area contributed by atoms with Crippen molar-refractivity contribution in [2.45, 2.75) is 19.1 Å². The minimum absolute atomic E-state index is 0.263. The number of aliphatic hydroxyl groups is 1. The average Bonchev–Trinajstić information content (AvgIpc) is 2.69. The van der Waals surface area contributed by atoms with Crippen molar-refractivity contribution in [3.63, 3.8) is 0 Å². The summed E-state index contributed by atoms with van der Waals surface area (Å²) in [5.41, 5.74) is 6.74. The normalized spacial score (nSPS) is 14.9. The minimum atomic E-state index is -0.508. The molecule has 16 heavy (non-hydrogen) atoms. The first kappa shape index (κ1) is 11.3. The highest BCUT2D eigenvalue weighted by Crippen LogP contribution is 2.26. The van der Waals surface area contributed by atoms with E-state index in [4.69, 9.17) is 5.73 Å². The molecule has 1 heterocycles. The van der Waals surface area contributed by atoms with Gasteiger partial charge in [0.25, 0.3) is 0 Å². The van der Waals surface area contributed by atoms with Crippen LogP contribution < -0.4 is 11.1 Å². The van der Waals surface area contributed by atoms with Crippen LogP contribution in [-0.4, -0.2) is 28.2 Å². The first-order valence-corrected chi connectivity index (χ1v) is 5.98. The Morgan fingerprint density at radius 3 is 3.00 bits per heavy atom. The summed E-state index contributed by atoms with van der Waals surface area (Å²) in [6, 6.07) is 7.69. The first-order chi connectivity index (χ1) is 7.68. The second-order valence-corrected chi connectivity index (χ2v) is 4.59. The third-order valence-electron chi connectivity index (χ3n) is 2.50. The second kappa shape index (κ2) is 4.78. The predicted molar refractivity (Wildman–Crippen MR) is 67.8 cm³/mol. The maximum Gasteiger partial charge on any atom is 0.117 e. The second-order valence-electron chi connectivity index (χ2n) is 3.81. The van der Waals surface area contributed by atoms with Gasteiger partial charge in [0.1, 0.15) is 5.00 Å². The van der Waals surface area contributed by atoms with Crippen molar-refractivity contribution >= 4 is 27.4 Å². The molecule has 2 atom stereocenters. The minimum Gasteiger partial charge on any atom is -0.392 e. The van der Waals surface area contributed by atoms with E-state index in [1.165, 1.54) is 11.5 Å². The van der Waals surface area contributed by atoms with Gasteiger partial charge in [0.2, 0.25) is 0 Å². The van der Waals surface area contributed by atoms with Crippen LogP contribution in [0.25, 0.3) is 10.9 Å². The zero-order valence-corrected chi connectivity index (χ0v) is 9.87. The molecule has 0 aliphatic heterocycles. The quantitative estimate of drug-likeness (QED) is 0.752. The van der Waals surface area contributed by atoms with Crippen molar-refractivity contribution in [3.8, 4) is 0 Å². The number of nitrogens with one attached hydrogen (secondary N) is 1. The Bertz CT molecular complexity index is 469. The number of rotatable bonds is 4. The fourth-order valence-electron chi connectivity index (χ4n) is 1.40. The van der Waals surface area contributed by atoms with Crippen LogP contribution in [0.2, 0.25) is 0 Å². The standard InChI is InChI=1S/C11H15N3OS/c1-7(15)9(12)6-13-11-8-4-2-3-5-10(8)14-16-11/h2-5,7,9,13,15H,6,12H2,1H3. The van der Waals surface area contributed by atoms with Gasteiger partial charge in [-0.15, -0.1) is 0 Å². The highest BCUT2D eigenvalue weighted by molar-refractivity contribution is 7.11. The molecule has 4 N–H and O–H groups in total. The van der Waals surface area contributed by atoms with Gasteiger partial charge in [-0.2, -0.15) is 4.37 Å². The van der Waals surface area contributed by atoms with E-state index >= 15 is 0 Å². The molecule has 4 nitrogen and oxygen atoms in total. The molecule has 5 heteroatoms. The van der Waals surface area contributed by atoms with Crippen LogP contribution in [0.1, 0.15) is 6.92 Å². The Labute approximate surface area is 98.3 Å². The van der Waals surface area contributed by atoms with Crippen LogP contribution in [0.3, 0.4) is 0 Å². The maximum absolute atomic E-state index is 9.29. The van der Waals surface area contributed by atoms with Crippen LogP contribution in [0.4, 0.5) is 5.00 Å². The molecule has 86 valence electrons. The number of hydrogen-bond donors (Lipinski definition) is 3.